The van der Waals surface area contributed by atoms with Gasteiger partial charge in [0.25, 0.3) is 0 Å². The van der Waals surface area contributed by atoms with E-state index in [9.17, 15) is 9.59 Å². The van der Waals surface area contributed by atoms with Crippen LogP contribution < -0.4 is 11.1 Å². The Hall–Kier alpha value is -1.98. The van der Waals surface area contributed by atoms with Gasteiger partial charge in [0.05, 0.1) is 12.1 Å². The van der Waals surface area contributed by atoms with Gasteiger partial charge in [-0.2, -0.15) is 0 Å². The van der Waals surface area contributed by atoms with Gasteiger partial charge in [-0.3, -0.25) is 9.59 Å². The van der Waals surface area contributed by atoms with E-state index in [-0.39, 0.29) is 18.2 Å². The first-order chi connectivity index (χ1) is 9.11. The Morgan fingerprint density at radius 1 is 1.26 bits per heavy atom. The van der Waals surface area contributed by atoms with Gasteiger partial charge in [-0.25, -0.2) is 0 Å². The fourth-order valence-electron chi connectivity index (χ4n) is 1.70. The molecule has 1 amide bonds. The number of carbonyl (C=O) groups is 2. The van der Waals surface area contributed by atoms with E-state index >= 15 is 0 Å². The number of anilines is 1. The number of benzene rings is 1. The van der Waals surface area contributed by atoms with Gasteiger partial charge in [0, 0.05) is 10.4 Å². The van der Waals surface area contributed by atoms with Gasteiger partial charge in [0.2, 0.25) is 5.91 Å². The summed E-state index contributed by atoms with van der Waals surface area (Å²) in [4.78, 5) is 24.7. The van der Waals surface area contributed by atoms with Gasteiger partial charge in [0.15, 0.2) is 5.78 Å². The number of hydrogen-bond acceptors (Lipinski definition) is 4. The molecule has 2 aromatic rings. The van der Waals surface area contributed by atoms with E-state index in [4.69, 9.17) is 5.73 Å². The Morgan fingerprint density at radius 3 is 2.58 bits per heavy atom. The number of ketones is 1. The van der Waals surface area contributed by atoms with Crippen molar-refractivity contribution < 1.29 is 9.59 Å². The lowest BCUT2D eigenvalue weighted by molar-refractivity contribution is -0.114. The number of rotatable bonds is 4. The van der Waals surface area contributed by atoms with Gasteiger partial charge in [-0.15, -0.1) is 11.3 Å². The van der Waals surface area contributed by atoms with Crippen LogP contribution in [-0.4, -0.2) is 18.2 Å². The fraction of sp³-hybridized carbons (Fsp3) is 0.143. The Labute approximate surface area is 115 Å². The van der Waals surface area contributed by atoms with Crippen molar-refractivity contribution in [2.24, 2.45) is 5.73 Å². The zero-order chi connectivity index (χ0) is 13.8. The second-order valence-electron chi connectivity index (χ2n) is 4.05. The molecule has 1 aromatic carbocycles. The highest BCUT2D eigenvalue weighted by Gasteiger charge is 2.17. The Morgan fingerprint density at radius 2 is 1.95 bits per heavy atom. The van der Waals surface area contributed by atoms with E-state index in [1.807, 2.05) is 25.1 Å². The van der Waals surface area contributed by atoms with E-state index < -0.39 is 0 Å². The van der Waals surface area contributed by atoms with Gasteiger partial charge >= 0.3 is 0 Å². The number of amides is 1. The van der Waals surface area contributed by atoms with E-state index in [1.165, 1.54) is 11.3 Å². The van der Waals surface area contributed by atoms with Crippen molar-refractivity contribution in [2.45, 2.75) is 6.92 Å². The third-order valence-electron chi connectivity index (χ3n) is 2.57. The van der Waals surface area contributed by atoms with Gasteiger partial charge in [-0.05, 0) is 13.0 Å². The van der Waals surface area contributed by atoms with Crippen molar-refractivity contribution in [3.05, 3.63) is 52.4 Å². The van der Waals surface area contributed by atoms with Crippen LogP contribution in [0.5, 0.6) is 0 Å². The molecule has 0 aliphatic carbocycles. The minimum atomic E-state index is -0.302. The van der Waals surface area contributed by atoms with Crippen molar-refractivity contribution >= 4 is 28.0 Å². The third kappa shape index (κ3) is 3.07. The first kappa shape index (κ1) is 13.5. The van der Waals surface area contributed by atoms with Crippen LogP contribution in [-0.2, 0) is 4.79 Å². The van der Waals surface area contributed by atoms with Crippen LogP contribution in [0.15, 0.2) is 36.4 Å². The van der Waals surface area contributed by atoms with Crippen molar-refractivity contribution in [1.29, 1.82) is 0 Å². The number of thiophene rings is 1. The van der Waals surface area contributed by atoms with Crippen molar-refractivity contribution in [3.8, 4) is 0 Å². The number of aryl methyl sites for hydroxylation is 1. The highest BCUT2D eigenvalue weighted by Crippen LogP contribution is 2.29. The maximum atomic E-state index is 12.4. The molecule has 0 unspecified atom stereocenters. The highest BCUT2D eigenvalue weighted by molar-refractivity contribution is 7.16. The number of nitrogens with two attached hydrogens (primary N) is 1. The molecule has 3 N–H and O–H groups in total. The fourth-order valence-corrected chi connectivity index (χ4v) is 2.62. The lowest BCUT2D eigenvalue weighted by Crippen LogP contribution is -2.22. The molecular formula is C14H14N2O2S. The molecule has 0 aliphatic rings. The molecule has 1 aromatic heterocycles. The van der Waals surface area contributed by atoms with Crippen molar-refractivity contribution in [3.63, 3.8) is 0 Å². The molecule has 0 atom stereocenters. The largest absolute Gasteiger partial charge is 0.322 e. The SMILES string of the molecule is Cc1cc(C(=O)c2ccccc2)c(NC(=O)CN)s1. The topological polar surface area (TPSA) is 72.2 Å². The van der Waals surface area contributed by atoms with Crippen molar-refractivity contribution in [2.75, 3.05) is 11.9 Å². The van der Waals surface area contributed by atoms with E-state index in [0.717, 1.165) is 4.88 Å². The van der Waals surface area contributed by atoms with E-state index in [0.29, 0.717) is 16.1 Å². The standard InChI is InChI=1S/C14H14N2O2S/c1-9-7-11(14(19-9)16-12(17)8-15)13(18)10-5-3-2-4-6-10/h2-7H,8,15H2,1H3,(H,16,17). The maximum absolute atomic E-state index is 12.4. The Bertz CT molecular complexity index is 605. The predicted octanol–water partition coefficient (Wildman–Crippen LogP) is 2.18. The second-order valence-corrected chi connectivity index (χ2v) is 5.30. The van der Waals surface area contributed by atoms with Gasteiger partial charge in [-0.1, -0.05) is 30.3 Å². The predicted molar refractivity (Wildman–Crippen MR) is 76.6 cm³/mol. The molecule has 98 valence electrons. The first-order valence-electron chi connectivity index (χ1n) is 5.82. The Balaban J connectivity index is 2.34. The Kier molecular flexibility index (Phi) is 4.09. The number of hydrogen-bond donors (Lipinski definition) is 2. The lowest BCUT2D eigenvalue weighted by atomic mass is 10.1. The minimum Gasteiger partial charge on any atom is -0.322 e. The van der Waals surface area contributed by atoms with Gasteiger partial charge in [0.1, 0.15) is 5.00 Å². The normalized spacial score (nSPS) is 10.2. The average Bonchev–Trinajstić information content (AvgIpc) is 2.79. The molecule has 0 saturated carbocycles. The highest BCUT2D eigenvalue weighted by atomic mass is 32.1. The minimum absolute atomic E-state index is 0.0997. The van der Waals surface area contributed by atoms with Crippen LogP contribution in [0, 0.1) is 6.92 Å². The molecule has 0 fully saturated rings. The molecule has 4 nitrogen and oxygen atoms in total. The quantitative estimate of drug-likeness (QED) is 0.839. The molecule has 0 aliphatic heterocycles. The van der Waals surface area contributed by atoms with Gasteiger partial charge < -0.3 is 11.1 Å². The summed E-state index contributed by atoms with van der Waals surface area (Å²) in [6.07, 6.45) is 0. The summed E-state index contributed by atoms with van der Waals surface area (Å²) in [7, 11) is 0. The van der Waals surface area contributed by atoms with E-state index in [2.05, 4.69) is 5.32 Å². The van der Waals surface area contributed by atoms with Crippen LogP contribution in [0.3, 0.4) is 0 Å². The number of nitrogens with one attached hydrogen (secondary N) is 1. The summed E-state index contributed by atoms with van der Waals surface area (Å²) >= 11 is 1.37. The molecule has 0 bridgehead atoms. The summed E-state index contributed by atoms with van der Waals surface area (Å²) in [5.41, 5.74) is 6.38. The average molecular weight is 274 g/mol. The monoisotopic (exact) mass is 274 g/mol. The van der Waals surface area contributed by atoms with Crippen LogP contribution in [0.1, 0.15) is 20.8 Å². The zero-order valence-electron chi connectivity index (χ0n) is 10.5. The van der Waals surface area contributed by atoms with Crippen molar-refractivity contribution in [1.82, 2.24) is 0 Å². The third-order valence-corrected chi connectivity index (χ3v) is 3.54. The zero-order valence-corrected chi connectivity index (χ0v) is 11.3. The smallest absolute Gasteiger partial charge is 0.238 e. The van der Waals surface area contributed by atoms with Crippen LogP contribution in [0.2, 0.25) is 0 Å². The molecular weight excluding hydrogens is 260 g/mol. The first-order valence-corrected chi connectivity index (χ1v) is 6.63. The van der Waals surface area contributed by atoms with Crippen LogP contribution >= 0.6 is 11.3 Å². The molecule has 2 rings (SSSR count). The van der Waals surface area contributed by atoms with Crippen LogP contribution in [0.25, 0.3) is 0 Å². The summed E-state index contributed by atoms with van der Waals surface area (Å²) in [6.45, 7) is 1.79. The summed E-state index contributed by atoms with van der Waals surface area (Å²) in [5.74, 6) is -0.402. The molecule has 0 saturated heterocycles. The lowest BCUT2D eigenvalue weighted by Gasteiger charge is -2.04. The van der Waals surface area contributed by atoms with E-state index in [1.54, 1.807) is 18.2 Å². The molecule has 19 heavy (non-hydrogen) atoms. The number of carbonyl (C=O) groups excluding carboxylic acids is 2. The molecule has 5 heteroatoms. The summed E-state index contributed by atoms with van der Waals surface area (Å²) < 4.78 is 0. The molecule has 0 radical (unpaired) electrons. The maximum Gasteiger partial charge on any atom is 0.238 e. The molecule has 0 spiro atoms. The summed E-state index contributed by atoms with van der Waals surface area (Å²) in [6, 6.07) is 10.8. The second kappa shape index (κ2) is 5.77. The molecule has 1 heterocycles. The van der Waals surface area contributed by atoms with Crippen LogP contribution in [0.4, 0.5) is 5.00 Å². The summed E-state index contributed by atoms with van der Waals surface area (Å²) in [5, 5.41) is 3.22.